The Hall–Kier alpha value is -1.53. The Morgan fingerprint density at radius 1 is 0.955 bits per heavy atom. The molecule has 0 bridgehead atoms. The summed E-state index contributed by atoms with van der Waals surface area (Å²) in [6.07, 6.45) is -4.78. The molecule has 0 atom stereocenters. The van der Waals surface area contributed by atoms with Crippen molar-refractivity contribution >= 4 is 23.2 Å². The Morgan fingerprint density at radius 3 is 2.23 bits per heavy atom. The summed E-state index contributed by atoms with van der Waals surface area (Å²) < 4.78 is 67.8. The highest BCUT2D eigenvalue weighted by Crippen LogP contribution is 2.42. The first-order valence-corrected chi connectivity index (χ1v) is 6.56. The van der Waals surface area contributed by atoms with Gasteiger partial charge in [0.1, 0.15) is 5.75 Å². The first-order chi connectivity index (χ1) is 10.2. The monoisotopic (exact) mass is 356 g/mol. The van der Waals surface area contributed by atoms with E-state index in [-0.39, 0.29) is 21.2 Å². The number of alkyl halides is 5. The van der Waals surface area contributed by atoms with E-state index in [0.29, 0.717) is 6.07 Å². The van der Waals surface area contributed by atoms with E-state index >= 15 is 0 Å². The van der Waals surface area contributed by atoms with Crippen molar-refractivity contribution in [1.82, 2.24) is 0 Å². The molecule has 0 aliphatic heterocycles. The summed E-state index contributed by atoms with van der Waals surface area (Å²) >= 11 is 11.7. The van der Waals surface area contributed by atoms with Gasteiger partial charge in [-0.3, -0.25) is 0 Å². The first-order valence-electron chi connectivity index (χ1n) is 5.80. The average molecular weight is 357 g/mol. The van der Waals surface area contributed by atoms with E-state index in [1.807, 2.05) is 0 Å². The molecule has 0 aliphatic carbocycles. The molecular formula is C14H7Cl2F5O. The van der Waals surface area contributed by atoms with Gasteiger partial charge in [-0.15, -0.1) is 0 Å². The molecule has 0 radical (unpaired) electrons. The van der Waals surface area contributed by atoms with Crippen LogP contribution >= 0.6 is 23.2 Å². The highest BCUT2D eigenvalue weighted by atomic mass is 35.5. The topological polar surface area (TPSA) is 9.23 Å². The summed E-state index contributed by atoms with van der Waals surface area (Å²) in [7, 11) is 0. The molecule has 0 aromatic heterocycles. The highest BCUT2D eigenvalue weighted by molar-refractivity contribution is 6.43. The van der Waals surface area contributed by atoms with Gasteiger partial charge in [0, 0.05) is 5.56 Å². The van der Waals surface area contributed by atoms with Crippen molar-refractivity contribution in [1.29, 1.82) is 0 Å². The van der Waals surface area contributed by atoms with Crippen LogP contribution < -0.4 is 4.74 Å². The summed E-state index contributed by atoms with van der Waals surface area (Å²) in [6, 6.07) is 6.74. The van der Waals surface area contributed by atoms with Crippen LogP contribution in [0.15, 0.2) is 36.4 Å². The summed E-state index contributed by atoms with van der Waals surface area (Å²) in [5, 5.41) is 0.0254. The third kappa shape index (κ3) is 3.62. The standard InChI is InChI=1S/C14H7Cl2F5O/c15-11-3-1-2-9(12(11)16)8-5-4-7(22-13(17)18)6-10(8)14(19,20)21/h1-6,13H. The highest BCUT2D eigenvalue weighted by Gasteiger charge is 2.35. The SMILES string of the molecule is FC(F)Oc1ccc(-c2cccc(Cl)c2Cl)c(C(F)(F)F)c1. The van der Waals surface area contributed by atoms with Crippen LogP contribution in [0.25, 0.3) is 11.1 Å². The minimum Gasteiger partial charge on any atom is -0.435 e. The van der Waals surface area contributed by atoms with Crippen LogP contribution in [0.3, 0.4) is 0 Å². The van der Waals surface area contributed by atoms with Crippen molar-refractivity contribution in [3.05, 3.63) is 52.0 Å². The van der Waals surface area contributed by atoms with Crippen molar-refractivity contribution in [2.45, 2.75) is 12.8 Å². The van der Waals surface area contributed by atoms with Gasteiger partial charge in [-0.2, -0.15) is 22.0 Å². The van der Waals surface area contributed by atoms with Gasteiger partial charge in [-0.1, -0.05) is 41.4 Å². The second kappa shape index (κ2) is 6.30. The maximum absolute atomic E-state index is 13.2. The third-order valence-electron chi connectivity index (χ3n) is 2.76. The quantitative estimate of drug-likeness (QED) is 0.588. The van der Waals surface area contributed by atoms with E-state index in [0.717, 1.165) is 12.1 Å². The van der Waals surface area contributed by atoms with Crippen molar-refractivity contribution in [2.75, 3.05) is 0 Å². The van der Waals surface area contributed by atoms with Gasteiger partial charge in [-0.25, -0.2) is 0 Å². The second-order valence-electron chi connectivity index (χ2n) is 4.19. The average Bonchev–Trinajstić information content (AvgIpc) is 2.40. The van der Waals surface area contributed by atoms with Crippen LogP contribution in [0, 0.1) is 0 Å². The fourth-order valence-electron chi connectivity index (χ4n) is 1.88. The van der Waals surface area contributed by atoms with Crippen LogP contribution in [-0.4, -0.2) is 6.61 Å². The number of hydrogen-bond acceptors (Lipinski definition) is 1. The maximum Gasteiger partial charge on any atom is 0.417 e. The van der Waals surface area contributed by atoms with Crippen molar-refractivity contribution in [3.63, 3.8) is 0 Å². The van der Waals surface area contributed by atoms with Crippen molar-refractivity contribution < 1.29 is 26.7 Å². The number of benzene rings is 2. The Labute approximate surface area is 132 Å². The molecule has 2 aromatic rings. The summed E-state index contributed by atoms with van der Waals surface area (Å²) in [6.45, 7) is -3.22. The van der Waals surface area contributed by atoms with E-state index in [4.69, 9.17) is 23.2 Å². The fourth-order valence-corrected chi connectivity index (χ4v) is 2.28. The predicted octanol–water partition coefficient (Wildman–Crippen LogP) is 6.28. The van der Waals surface area contributed by atoms with Crippen LogP contribution in [0.4, 0.5) is 22.0 Å². The molecule has 0 heterocycles. The van der Waals surface area contributed by atoms with E-state index in [1.165, 1.54) is 18.2 Å². The number of rotatable bonds is 3. The third-order valence-corrected chi connectivity index (χ3v) is 3.58. The van der Waals surface area contributed by atoms with Gasteiger partial charge in [-0.05, 0) is 23.8 Å². The molecular weight excluding hydrogens is 350 g/mol. The predicted molar refractivity (Wildman–Crippen MR) is 73.5 cm³/mol. The minimum absolute atomic E-state index is 0.0464. The van der Waals surface area contributed by atoms with Gasteiger partial charge in [0.25, 0.3) is 0 Å². The minimum atomic E-state index is -4.78. The Kier molecular flexibility index (Phi) is 4.82. The molecule has 0 amide bonds. The smallest absolute Gasteiger partial charge is 0.417 e. The molecule has 0 spiro atoms. The van der Waals surface area contributed by atoms with E-state index in [9.17, 15) is 22.0 Å². The Balaban J connectivity index is 2.63. The lowest BCUT2D eigenvalue weighted by atomic mass is 9.99. The molecule has 1 nitrogen and oxygen atoms in total. The lowest BCUT2D eigenvalue weighted by molar-refractivity contribution is -0.137. The summed E-state index contributed by atoms with van der Waals surface area (Å²) in [4.78, 5) is 0. The van der Waals surface area contributed by atoms with Gasteiger partial charge in [0.2, 0.25) is 0 Å². The van der Waals surface area contributed by atoms with Gasteiger partial charge < -0.3 is 4.74 Å². The molecule has 0 N–H and O–H groups in total. The first kappa shape index (κ1) is 16.8. The van der Waals surface area contributed by atoms with Crippen LogP contribution in [0.2, 0.25) is 10.0 Å². The number of hydrogen-bond donors (Lipinski definition) is 0. The van der Waals surface area contributed by atoms with Crippen molar-refractivity contribution in [3.8, 4) is 16.9 Å². The molecule has 118 valence electrons. The molecule has 2 rings (SSSR count). The fraction of sp³-hybridized carbons (Fsp3) is 0.143. The Morgan fingerprint density at radius 2 is 1.64 bits per heavy atom. The maximum atomic E-state index is 13.2. The molecule has 2 aromatic carbocycles. The van der Waals surface area contributed by atoms with Gasteiger partial charge in [0.05, 0.1) is 15.6 Å². The molecule has 8 heteroatoms. The van der Waals surface area contributed by atoms with E-state index in [2.05, 4.69) is 4.74 Å². The normalized spacial score (nSPS) is 11.8. The number of ether oxygens (including phenoxy) is 1. The van der Waals surface area contributed by atoms with Gasteiger partial charge in [0.15, 0.2) is 0 Å². The van der Waals surface area contributed by atoms with Gasteiger partial charge >= 0.3 is 12.8 Å². The van der Waals surface area contributed by atoms with E-state index in [1.54, 1.807) is 0 Å². The molecule has 0 unspecified atom stereocenters. The molecule has 0 aliphatic rings. The van der Waals surface area contributed by atoms with Crippen molar-refractivity contribution in [2.24, 2.45) is 0 Å². The second-order valence-corrected chi connectivity index (χ2v) is 4.97. The molecule has 0 saturated carbocycles. The Bertz CT molecular complexity index is 685. The summed E-state index contributed by atoms with van der Waals surface area (Å²) in [5.74, 6) is -0.593. The van der Waals surface area contributed by atoms with Crippen LogP contribution in [0.1, 0.15) is 5.56 Å². The summed E-state index contributed by atoms with van der Waals surface area (Å²) in [5.41, 5.74) is -1.37. The van der Waals surface area contributed by atoms with Crippen LogP contribution in [-0.2, 0) is 6.18 Å². The molecule has 0 saturated heterocycles. The zero-order chi connectivity index (χ0) is 16.5. The number of halogens is 7. The lowest BCUT2D eigenvalue weighted by Gasteiger charge is -2.16. The molecule has 0 fully saturated rings. The zero-order valence-corrected chi connectivity index (χ0v) is 12.1. The largest absolute Gasteiger partial charge is 0.435 e. The van der Waals surface area contributed by atoms with Crippen LogP contribution in [0.5, 0.6) is 5.75 Å². The zero-order valence-electron chi connectivity index (χ0n) is 10.6. The van der Waals surface area contributed by atoms with E-state index < -0.39 is 24.1 Å². The lowest BCUT2D eigenvalue weighted by Crippen LogP contribution is -2.09. The molecule has 22 heavy (non-hydrogen) atoms.